The van der Waals surface area contributed by atoms with Crippen LogP contribution in [0.15, 0.2) is 63.8 Å². The highest BCUT2D eigenvalue weighted by atomic mass is 16.8. The Labute approximate surface area is 366 Å². The number of ether oxygens (including phenoxy) is 8. The number of aliphatic hydroxyl groups is 7. The summed E-state index contributed by atoms with van der Waals surface area (Å²) in [7, 11) is 1.33. The predicted octanol–water partition coefficient (Wildman–Crippen LogP) is -1.24. The van der Waals surface area contributed by atoms with Crippen LogP contribution in [0.4, 0.5) is 0 Å². The number of carbonyl (C=O) groups is 1. The zero-order chi connectivity index (χ0) is 47.1. The summed E-state index contributed by atoms with van der Waals surface area (Å²) in [5.41, 5.74) is -3.54. The summed E-state index contributed by atoms with van der Waals surface area (Å²) in [4.78, 5) is 26.8. The molecule has 3 aromatic carbocycles. The van der Waals surface area contributed by atoms with Gasteiger partial charge in [0.1, 0.15) is 71.8 Å². The maximum atomic E-state index is 14.2. The summed E-state index contributed by atoms with van der Waals surface area (Å²) >= 11 is 0. The highest BCUT2D eigenvalue weighted by Gasteiger charge is 2.55. The SMILES string of the molecule is COc1cc(/C=C/C(=O)OC[C@@]2(O)CO[C@@H](O[C@H]3[C@H](Oc4c(-c5ccc(O)c(O)c5)oc5cc(O)cc(O)c5c4=O)O[C@H](CO[C@@H]4O[C@@H](C)[C@H](O)[C@@H](O)[C@H]4O)[C@@H](O)[C@@H]3O)[C@@H]2O)ccc1O. The van der Waals surface area contributed by atoms with Gasteiger partial charge in [-0.3, -0.25) is 4.79 Å². The Morgan fingerprint density at radius 2 is 1.55 bits per heavy atom. The lowest BCUT2D eigenvalue weighted by molar-refractivity contribution is -0.335. The first-order valence-corrected chi connectivity index (χ1v) is 19.7. The van der Waals surface area contributed by atoms with Crippen molar-refractivity contribution in [3.8, 4) is 51.6 Å². The number of aromatic hydroxyl groups is 5. The Morgan fingerprint density at radius 1 is 0.815 bits per heavy atom. The van der Waals surface area contributed by atoms with Crippen molar-refractivity contribution >= 4 is 23.0 Å². The van der Waals surface area contributed by atoms with E-state index in [2.05, 4.69) is 0 Å². The lowest BCUT2D eigenvalue weighted by Crippen LogP contribution is -2.63. The number of hydrogen-bond acceptors (Lipinski definition) is 23. The molecular formula is C42H46O23. The molecule has 0 spiro atoms. The second-order valence-corrected chi connectivity index (χ2v) is 15.5. The number of esters is 1. The van der Waals surface area contributed by atoms with Crippen LogP contribution in [0.25, 0.3) is 28.4 Å². The highest BCUT2D eigenvalue weighted by Crippen LogP contribution is 2.41. The molecule has 7 rings (SSSR count). The predicted molar refractivity (Wildman–Crippen MR) is 214 cm³/mol. The Morgan fingerprint density at radius 3 is 2.28 bits per heavy atom. The molecule has 3 saturated heterocycles. The van der Waals surface area contributed by atoms with Crippen LogP contribution in [0.2, 0.25) is 0 Å². The van der Waals surface area contributed by atoms with E-state index in [1.165, 1.54) is 44.4 Å². The molecule has 23 heteroatoms. The zero-order valence-electron chi connectivity index (χ0n) is 34.2. The van der Waals surface area contributed by atoms with Crippen LogP contribution in [0.3, 0.4) is 0 Å². The Kier molecular flexibility index (Phi) is 13.8. The molecule has 12 N–H and O–H groups in total. The first-order chi connectivity index (χ1) is 30.8. The van der Waals surface area contributed by atoms with Crippen molar-refractivity contribution in [3.05, 3.63) is 70.4 Å². The topological polar surface area (TPSA) is 364 Å². The van der Waals surface area contributed by atoms with E-state index >= 15 is 0 Å². The minimum absolute atomic E-state index is 0.129. The van der Waals surface area contributed by atoms with Gasteiger partial charge in [-0.2, -0.15) is 0 Å². The normalized spacial score (nSPS) is 31.6. The Balaban J connectivity index is 1.17. The summed E-state index contributed by atoms with van der Waals surface area (Å²) in [6, 6.07) is 9.26. The molecule has 4 heterocycles. The fourth-order valence-electron chi connectivity index (χ4n) is 7.23. The maximum absolute atomic E-state index is 14.2. The van der Waals surface area contributed by atoms with Gasteiger partial charge in [0.15, 0.2) is 53.0 Å². The summed E-state index contributed by atoms with van der Waals surface area (Å²) in [6.45, 7) is -0.940. The lowest BCUT2D eigenvalue weighted by Gasteiger charge is -2.44. The second kappa shape index (κ2) is 19.0. The first kappa shape index (κ1) is 47.2. The number of rotatable bonds is 13. The fourth-order valence-corrected chi connectivity index (χ4v) is 7.23. The smallest absolute Gasteiger partial charge is 0.330 e. The van der Waals surface area contributed by atoms with Gasteiger partial charge >= 0.3 is 5.97 Å². The molecular weight excluding hydrogens is 872 g/mol. The molecule has 1 aromatic heterocycles. The quantitative estimate of drug-likeness (QED) is 0.0424. The molecule has 0 amide bonds. The number of methoxy groups -OCH3 is 1. The van der Waals surface area contributed by atoms with Gasteiger partial charge in [0.25, 0.3) is 0 Å². The third kappa shape index (κ3) is 9.62. The van der Waals surface area contributed by atoms with Gasteiger partial charge in [0, 0.05) is 23.8 Å². The summed E-state index contributed by atoms with van der Waals surface area (Å²) in [6.07, 6.45) is -19.1. The molecule has 3 aliphatic rings. The molecule has 0 aliphatic carbocycles. The van der Waals surface area contributed by atoms with Crippen LogP contribution in [0.5, 0.6) is 40.2 Å². The number of phenols is 5. The Hall–Kier alpha value is -5.80. The number of phenolic OH excluding ortho intramolecular Hbond substituents is 5. The standard InChI is InChI=1S/C42H46O23/c1-16-29(49)32(52)34(54)39(61-16)58-13-26-30(50)33(53)37(65-41-38(55)42(56,15-60-41)14-59-27(48)8-4-17-3-6-21(45)24(9-17)57-2)40(63-26)64-36-31(51)28-23(47)11-19(43)12-25(28)62-35(36)18-5-7-20(44)22(46)10-18/h3-12,16,26,29-30,32-34,37-41,43-47,49-50,52-56H,13-15H2,1-2H3/b8-4+/t16-,26+,29-,30+,32+,33-,34+,37+,38-,39+,40-,41-,42+/m0/s1. The summed E-state index contributed by atoms with van der Waals surface area (Å²) in [5.74, 6) is -4.84. The monoisotopic (exact) mass is 918 g/mol. The number of hydrogen-bond donors (Lipinski definition) is 12. The highest BCUT2D eigenvalue weighted by molar-refractivity contribution is 5.88. The minimum Gasteiger partial charge on any atom is -0.508 e. The van der Waals surface area contributed by atoms with E-state index in [4.69, 9.17) is 42.3 Å². The van der Waals surface area contributed by atoms with Crippen molar-refractivity contribution in [2.24, 2.45) is 0 Å². The van der Waals surface area contributed by atoms with Crippen molar-refractivity contribution in [2.75, 3.05) is 26.9 Å². The van der Waals surface area contributed by atoms with Gasteiger partial charge in [0.2, 0.25) is 17.5 Å². The van der Waals surface area contributed by atoms with Gasteiger partial charge in [-0.25, -0.2) is 4.79 Å². The lowest BCUT2D eigenvalue weighted by atomic mass is 9.97. The number of aliphatic hydroxyl groups excluding tert-OH is 6. The number of benzene rings is 3. The third-order valence-corrected chi connectivity index (χ3v) is 10.9. The van der Waals surface area contributed by atoms with Gasteiger partial charge in [-0.1, -0.05) is 6.07 Å². The van der Waals surface area contributed by atoms with Gasteiger partial charge in [0.05, 0.1) is 26.4 Å². The van der Waals surface area contributed by atoms with Crippen molar-refractivity contribution in [1.82, 2.24) is 0 Å². The zero-order valence-corrected chi connectivity index (χ0v) is 34.2. The van der Waals surface area contributed by atoms with Crippen LogP contribution in [-0.4, -0.2) is 174 Å². The van der Waals surface area contributed by atoms with Crippen LogP contribution in [-0.2, 0) is 33.2 Å². The van der Waals surface area contributed by atoms with E-state index < -0.39 is 151 Å². The van der Waals surface area contributed by atoms with E-state index in [0.29, 0.717) is 5.56 Å². The van der Waals surface area contributed by atoms with Gasteiger partial charge in [-0.05, 0) is 48.9 Å². The molecule has 13 atom stereocenters. The van der Waals surface area contributed by atoms with Crippen molar-refractivity contribution in [2.45, 2.75) is 86.3 Å². The number of carbonyl (C=O) groups excluding carboxylic acids is 1. The second-order valence-electron chi connectivity index (χ2n) is 15.5. The minimum atomic E-state index is -2.34. The molecule has 23 nitrogen and oxygen atoms in total. The molecule has 0 saturated carbocycles. The van der Waals surface area contributed by atoms with Crippen LogP contribution in [0.1, 0.15) is 12.5 Å². The average molecular weight is 919 g/mol. The van der Waals surface area contributed by atoms with Gasteiger partial charge < -0.3 is 104 Å². The summed E-state index contributed by atoms with van der Waals surface area (Å²) < 4.78 is 50.6. The molecule has 352 valence electrons. The van der Waals surface area contributed by atoms with E-state index in [1.807, 2.05) is 0 Å². The molecule has 65 heavy (non-hydrogen) atoms. The third-order valence-electron chi connectivity index (χ3n) is 10.9. The van der Waals surface area contributed by atoms with Crippen molar-refractivity contribution < 1.29 is 108 Å². The molecule has 4 aromatic rings. The van der Waals surface area contributed by atoms with Crippen LogP contribution in [0, 0.1) is 0 Å². The number of fused-ring (bicyclic) bond motifs is 1. The van der Waals surface area contributed by atoms with Crippen LogP contribution >= 0.6 is 0 Å². The van der Waals surface area contributed by atoms with E-state index in [1.54, 1.807) is 0 Å². The molecule has 0 radical (unpaired) electrons. The maximum Gasteiger partial charge on any atom is 0.330 e. The van der Waals surface area contributed by atoms with Crippen LogP contribution < -0.4 is 14.9 Å². The molecule has 0 unspecified atom stereocenters. The van der Waals surface area contributed by atoms with Gasteiger partial charge in [-0.15, -0.1) is 0 Å². The van der Waals surface area contributed by atoms with Crippen molar-refractivity contribution in [3.63, 3.8) is 0 Å². The fraction of sp³-hybridized carbons (Fsp3) is 0.429. The first-order valence-electron chi connectivity index (χ1n) is 19.7. The van der Waals surface area contributed by atoms with E-state index in [0.717, 1.165) is 30.3 Å². The summed E-state index contributed by atoms with van der Waals surface area (Å²) in [5, 5.41) is 127. The average Bonchev–Trinajstić information content (AvgIpc) is 3.55. The van der Waals surface area contributed by atoms with E-state index in [-0.39, 0.29) is 22.6 Å². The molecule has 3 fully saturated rings. The molecule has 3 aliphatic heterocycles. The van der Waals surface area contributed by atoms with E-state index in [9.17, 15) is 70.9 Å². The van der Waals surface area contributed by atoms with Crippen molar-refractivity contribution in [1.29, 1.82) is 0 Å². The largest absolute Gasteiger partial charge is 0.508 e. The molecule has 0 bridgehead atoms. The Bertz CT molecular complexity index is 2460.